The lowest BCUT2D eigenvalue weighted by Crippen LogP contribution is -2.11. The Balaban J connectivity index is 1.95. The van der Waals surface area contributed by atoms with Crippen molar-refractivity contribution in [3.8, 4) is 11.5 Å². The summed E-state index contributed by atoms with van der Waals surface area (Å²) in [4.78, 5) is 12.2. The fourth-order valence-electron chi connectivity index (χ4n) is 2.65. The van der Waals surface area contributed by atoms with E-state index < -0.39 is 17.7 Å². The molecule has 0 bridgehead atoms. The van der Waals surface area contributed by atoms with Gasteiger partial charge in [-0.25, -0.2) is 4.79 Å². The molecule has 0 saturated carbocycles. The van der Waals surface area contributed by atoms with Crippen LogP contribution >= 0.6 is 11.8 Å². The highest BCUT2D eigenvalue weighted by Crippen LogP contribution is 2.44. The topological polar surface area (TPSA) is 56.8 Å². The molecule has 1 N–H and O–H groups in total. The van der Waals surface area contributed by atoms with Gasteiger partial charge in [0.2, 0.25) is 6.23 Å². The molecule has 0 aliphatic carbocycles. The SMILES string of the molecule is COc1ccc2c(c1OC)C(=O)O[C@H]2Nc1ccccc1SC(F)(F)F. The summed E-state index contributed by atoms with van der Waals surface area (Å²) in [6.07, 6.45) is -0.938. The van der Waals surface area contributed by atoms with Gasteiger partial charge in [-0.05, 0) is 36.0 Å². The van der Waals surface area contributed by atoms with E-state index in [1.807, 2.05) is 0 Å². The van der Waals surface area contributed by atoms with Gasteiger partial charge in [-0.3, -0.25) is 0 Å². The molecule has 9 heteroatoms. The van der Waals surface area contributed by atoms with Gasteiger partial charge in [0.25, 0.3) is 0 Å². The predicted octanol–water partition coefficient (Wildman–Crippen LogP) is 4.60. The number of carbonyl (C=O) groups is 1. The molecule has 0 aromatic heterocycles. The monoisotopic (exact) mass is 385 g/mol. The third-order valence-corrected chi connectivity index (χ3v) is 4.50. The van der Waals surface area contributed by atoms with Crippen LogP contribution in [0.4, 0.5) is 18.9 Å². The summed E-state index contributed by atoms with van der Waals surface area (Å²) >= 11 is -0.241. The van der Waals surface area contributed by atoms with E-state index in [0.29, 0.717) is 11.3 Å². The molecule has 2 aromatic rings. The molecule has 3 rings (SSSR count). The number of hydrogen-bond donors (Lipinski definition) is 1. The second-order valence-corrected chi connectivity index (χ2v) is 6.35. The van der Waals surface area contributed by atoms with Crippen molar-refractivity contribution in [2.24, 2.45) is 0 Å². The average Bonchev–Trinajstić information content (AvgIpc) is 2.90. The van der Waals surface area contributed by atoms with E-state index in [9.17, 15) is 18.0 Å². The zero-order valence-electron chi connectivity index (χ0n) is 13.7. The molecule has 1 atom stereocenters. The third kappa shape index (κ3) is 3.52. The standard InChI is InChI=1S/C17H14F3NO4S/c1-23-11-8-7-9-13(14(11)24-2)16(22)25-15(9)21-10-5-3-4-6-12(10)26-17(18,19)20/h3-8,15,21H,1-2H3/t15-/m1/s1. The van der Waals surface area contributed by atoms with E-state index in [4.69, 9.17) is 14.2 Å². The first kappa shape index (κ1) is 18.2. The number of ether oxygens (including phenoxy) is 3. The Morgan fingerprint density at radius 1 is 1.12 bits per heavy atom. The number of thioether (sulfide) groups is 1. The van der Waals surface area contributed by atoms with Gasteiger partial charge in [-0.2, -0.15) is 13.2 Å². The molecule has 1 aliphatic heterocycles. The first-order valence-electron chi connectivity index (χ1n) is 7.41. The Morgan fingerprint density at radius 3 is 2.50 bits per heavy atom. The van der Waals surface area contributed by atoms with Crippen molar-refractivity contribution in [2.45, 2.75) is 16.6 Å². The highest BCUT2D eigenvalue weighted by Gasteiger charge is 2.37. The molecule has 5 nitrogen and oxygen atoms in total. The van der Waals surface area contributed by atoms with Crippen LogP contribution in [-0.4, -0.2) is 25.7 Å². The van der Waals surface area contributed by atoms with Crippen LogP contribution in [0.3, 0.4) is 0 Å². The molecule has 138 valence electrons. The molecule has 2 aromatic carbocycles. The van der Waals surface area contributed by atoms with E-state index >= 15 is 0 Å². The Bertz CT molecular complexity index is 841. The number of nitrogens with one attached hydrogen (secondary N) is 1. The highest BCUT2D eigenvalue weighted by atomic mass is 32.2. The summed E-state index contributed by atoms with van der Waals surface area (Å²) in [6.45, 7) is 0. The van der Waals surface area contributed by atoms with Crippen LogP contribution in [0.2, 0.25) is 0 Å². The molecular weight excluding hydrogens is 371 g/mol. The fraction of sp³-hybridized carbons (Fsp3) is 0.235. The van der Waals surface area contributed by atoms with Gasteiger partial charge in [0.1, 0.15) is 5.56 Å². The van der Waals surface area contributed by atoms with Crippen LogP contribution in [0, 0.1) is 0 Å². The Kier molecular flexibility index (Phi) is 4.90. The lowest BCUT2D eigenvalue weighted by molar-refractivity contribution is -0.0328. The van der Waals surface area contributed by atoms with Crippen LogP contribution in [-0.2, 0) is 4.74 Å². The van der Waals surface area contributed by atoms with Crippen LogP contribution in [0.1, 0.15) is 22.1 Å². The second kappa shape index (κ2) is 6.99. The number of carbonyl (C=O) groups excluding carboxylic acids is 1. The summed E-state index contributed by atoms with van der Waals surface area (Å²) in [7, 11) is 2.83. The minimum Gasteiger partial charge on any atom is -0.493 e. The van der Waals surface area contributed by atoms with Crippen molar-refractivity contribution in [1.82, 2.24) is 0 Å². The number of rotatable bonds is 5. The number of para-hydroxylation sites is 1. The Labute approximate surface area is 151 Å². The Hall–Kier alpha value is -2.55. The first-order valence-corrected chi connectivity index (χ1v) is 8.23. The molecule has 26 heavy (non-hydrogen) atoms. The van der Waals surface area contributed by atoms with E-state index in [1.165, 1.54) is 32.4 Å². The number of anilines is 1. The van der Waals surface area contributed by atoms with Gasteiger partial charge in [-0.1, -0.05) is 12.1 Å². The third-order valence-electron chi connectivity index (χ3n) is 3.69. The first-order chi connectivity index (χ1) is 12.3. The number of halogens is 3. The largest absolute Gasteiger partial charge is 0.493 e. The van der Waals surface area contributed by atoms with Crippen molar-refractivity contribution in [1.29, 1.82) is 0 Å². The second-order valence-electron chi connectivity index (χ2n) is 5.24. The number of methoxy groups -OCH3 is 2. The van der Waals surface area contributed by atoms with Crippen molar-refractivity contribution in [3.63, 3.8) is 0 Å². The van der Waals surface area contributed by atoms with Gasteiger partial charge in [0.15, 0.2) is 11.5 Å². The predicted molar refractivity (Wildman–Crippen MR) is 89.7 cm³/mol. The molecule has 0 unspecified atom stereocenters. The van der Waals surface area contributed by atoms with E-state index in [1.54, 1.807) is 18.2 Å². The van der Waals surface area contributed by atoms with Crippen molar-refractivity contribution < 1.29 is 32.2 Å². The summed E-state index contributed by atoms with van der Waals surface area (Å²) in [5.74, 6) is -0.0664. The Morgan fingerprint density at radius 2 is 1.85 bits per heavy atom. The quantitative estimate of drug-likeness (QED) is 0.600. The zero-order valence-corrected chi connectivity index (χ0v) is 14.5. The smallest absolute Gasteiger partial charge is 0.446 e. The maximum Gasteiger partial charge on any atom is 0.446 e. The van der Waals surface area contributed by atoms with Crippen LogP contribution < -0.4 is 14.8 Å². The molecule has 0 amide bonds. The molecule has 0 spiro atoms. The summed E-state index contributed by atoms with van der Waals surface area (Å²) in [5, 5.41) is 2.85. The minimum atomic E-state index is -4.43. The van der Waals surface area contributed by atoms with Crippen molar-refractivity contribution >= 4 is 23.4 Å². The van der Waals surface area contributed by atoms with Crippen LogP contribution in [0.5, 0.6) is 11.5 Å². The zero-order chi connectivity index (χ0) is 18.9. The molecule has 0 saturated heterocycles. The maximum atomic E-state index is 12.7. The van der Waals surface area contributed by atoms with Gasteiger partial charge in [0, 0.05) is 10.5 Å². The number of benzene rings is 2. The minimum absolute atomic E-state index is 0.0232. The number of cyclic esters (lactones) is 1. The average molecular weight is 385 g/mol. The fourth-order valence-corrected chi connectivity index (χ4v) is 3.28. The van der Waals surface area contributed by atoms with Crippen LogP contribution in [0.25, 0.3) is 0 Å². The molecule has 1 heterocycles. The number of hydrogen-bond acceptors (Lipinski definition) is 6. The van der Waals surface area contributed by atoms with Crippen LogP contribution in [0.15, 0.2) is 41.3 Å². The lowest BCUT2D eigenvalue weighted by Gasteiger charge is -2.18. The summed E-state index contributed by atoms with van der Waals surface area (Å²) in [6, 6.07) is 9.13. The summed E-state index contributed by atoms with van der Waals surface area (Å²) < 4.78 is 53.9. The molecule has 0 radical (unpaired) electrons. The molecule has 1 aliphatic rings. The van der Waals surface area contributed by atoms with E-state index in [2.05, 4.69) is 5.32 Å². The molecule has 0 fully saturated rings. The lowest BCUT2D eigenvalue weighted by atomic mass is 10.1. The van der Waals surface area contributed by atoms with E-state index in [0.717, 1.165) is 0 Å². The van der Waals surface area contributed by atoms with Crippen molar-refractivity contribution in [2.75, 3.05) is 19.5 Å². The number of fused-ring (bicyclic) bond motifs is 1. The van der Waals surface area contributed by atoms with E-state index in [-0.39, 0.29) is 33.7 Å². The van der Waals surface area contributed by atoms with Gasteiger partial charge in [0.05, 0.1) is 19.9 Å². The van der Waals surface area contributed by atoms with Gasteiger partial charge >= 0.3 is 11.5 Å². The van der Waals surface area contributed by atoms with Gasteiger partial charge < -0.3 is 19.5 Å². The van der Waals surface area contributed by atoms with Crippen molar-refractivity contribution in [3.05, 3.63) is 47.5 Å². The highest BCUT2D eigenvalue weighted by molar-refractivity contribution is 8.00. The number of esters is 1. The molecular formula is C17H14F3NO4S. The van der Waals surface area contributed by atoms with Gasteiger partial charge in [-0.15, -0.1) is 0 Å². The summed E-state index contributed by atoms with van der Waals surface area (Å²) in [5.41, 5.74) is -3.58. The normalized spacial score (nSPS) is 16.0. The maximum absolute atomic E-state index is 12.7. The number of alkyl halides is 3.